The van der Waals surface area contributed by atoms with Crippen LogP contribution in [0.5, 0.6) is 0 Å². The van der Waals surface area contributed by atoms with Gasteiger partial charge in [-0.3, -0.25) is 9.36 Å². The standard InChI is InChI=1S/C19H19N5O/c1-4-10-23-17-15(19(25)24(11-20-17)12(3)5-2)16-18(23)22-14-9-7-6-8-13(14)21-16/h4,6-9,11-12H,1,5,10H2,2-3H3/t12-/m1/s1. The molecule has 0 unspecified atom stereocenters. The monoisotopic (exact) mass is 333 g/mol. The number of benzene rings is 1. The van der Waals surface area contributed by atoms with Crippen molar-refractivity contribution >= 4 is 33.2 Å². The van der Waals surface area contributed by atoms with E-state index in [2.05, 4.69) is 18.5 Å². The third kappa shape index (κ3) is 2.25. The van der Waals surface area contributed by atoms with Crippen LogP contribution >= 0.6 is 0 Å². The highest BCUT2D eigenvalue weighted by Gasteiger charge is 2.20. The van der Waals surface area contributed by atoms with Crippen molar-refractivity contribution in [2.75, 3.05) is 0 Å². The van der Waals surface area contributed by atoms with Crippen LogP contribution in [0, 0.1) is 0 Å². The average Bonchev–Trinajstić information content (AvgIpc) is 2.94. The molecule has 0 fully saturated rings. The summed E-state index contributed by atoms with van der Waals surface area (Å²) >= 11 is 0. The Labute approximate surface area is 144 Å². The lowest BCUT2D eigenvalue weighted by molar-refractivity contribution is 0.510. The van der Waals surface area contributed by atoms with Crippen molar-refractivity contribution in [3.05, 3.63) is 53.6 Å². The summed E-state index contributed by atoms with van der Waals surface area (Å²) in [5.41, 5.74) is 3.37. The largest absolute Gasteiger partial charge is 0.305 e. The van der Waals surface area contributed by atoms with Gasteiger partial charge in [0, 0.05) is 12.6 Å². The highest BCUT2D eigenvalue weighted by Crippen LogP contribution is 2.25. The Kier molecular flexibility index (Phi) is 3.60. The minimum absolute atomic E-state index is 0.0725. The Morgan fingerprint density at radius 1 is 1.20 bits per heavy atom. The van der Waals surface area contributed by atoms with E-state index in [1.54, 1.807) is 17.0 Å². The smallest absolute Gasteiger partial charge is 0.265 e. The van der Waals surface area contributed by atoms with E-state index in [1.807, 2.05) is 35.8 Å². The zero-order valence-corrected chi connectivity index (χ0v) is 14.3. The van der Waals surface area contributed by atoms with Crippen LogP contribution in [0.4, 0.5) is 0 Å². The third-order valence-corrected chi connectivity index (χ3v) is 4.65. The highest BCUT2D eigenvalue weighted by molar-refractivity contribution is 6.04. The molecule has 6 nitrogen and oxygen atoms in total. The molecule has 0 amide bonds. The first-order valence-corrected chi connectivity index (χ1v) is 8.42. The van der Waals surface area contributed by atoms with Crippen molar-refractivity contribution in [1.82, 2.24) is 24.1 Å². The number of allylic oxidation sites excluding steroid dienone is 1. The van der Waals surface area contributed by atoms with E-state index in [4.69, 9.17) is 9.97 Å². The van der Waals surface area contributed by atoms with Crippen LogP contribution < -0.4 is 5.56 Å². The van der Waals surface area contributed by atoms with Gasteiger partial charge in [0.05, 0.1) is 11.0 Å². The molecule has 0 bridgehead atoms. The van der Waals surface area contributed by atoms with E-state index in [0.29, 0.717) is 28.7 Å². The molecule has 6 heteroatoms. The summed E-state index contributed by atoms with van der Waals surface area (Å²) in [6, 6.07) is 7.75. The van der Waals surface area contributed by atoms with Gasteiger partial charge in [-0.05, 0) is 25.5 Å². The zero-order chi connectivity index (χ0) is 17.6. The maximum atomic E-state index is 13.1. The topological polar surface area (TPSA) is 65.6 Å². The van der Waals surface area contributed by atoms with Gasteiger partial charge in [-0.1, -0.05) is 25.1 Å². The maximum Gasteiger partial charge on any atom is 0.265 e. The van der Waals surface area contributed by atoms with Gasteiger partial charge in [0.25, 0.3) is 5.56 Å². The summed E-state index contributed by atoms with van der Waals surface area (Å²) in [4.78, 5) is 27.1. The Balaban J connectivity index is 2.20. The molecule has 4 aromatic rings. The normalized spacial score (nSPS) is 12.9. The van der Waals surface area contributed by atoms with E-state index >= 15 is 0 Å². The summed E-state index contributed by atoms with van der Waals surface area (Å²) in [7, 11) is 0. The lowest BCUT2D eigenvalue weighted by atomic mass is 10.2. The fourth-order valence-corrected chi connectivity index (χ4v) is 3.13. The van der Waals surface area contributed by atoms with Crippen molar-refractivity contribution in [3.63, 3.8) is 0 Å². The van der Waals surface area contributed by atoms with Crippen LogP contribution in [0.2, 0.25) is 0 Å². The van der Waals surface area contributed by atoms with Gasteiger partial charge >= 0.3 is 0 Å². The summed E-state index contributed by atoms with van der Waals surface area (Å²) in [5.74, 6) is 0. The Morgan fingerprint density at radius 2 is 1.92 bits per heavy atom. The number of hydrogen-bond donors (Lipinski definition) is 0. The summed E-state index contributed by atoms with van der Waals surface area (Å²) in [5, 5.41) is 0.526. The van der Waals surface area contributed by atoms with Gasteiger partial charge in [-0.25, -0.2) is 15.0 Å². The number of aromatic nitrogens is 5. The van der Waals surface area contributed by atoms with E-state index in [0.717, 1.165) is 17.5 Å². The van der Waals surface area contributed by atoms with E-state index < -0.39 is 0 Å². The van der Waals surface area contributed by atoms with Crippen molar-refractivity contribution in [1.29, 1.82) is 0 Å². The lowest BCUT2D eigenvalue weighted by Crippen LogP contribution is -2.23. The Hall–Kier alpha value is -3.02. The summed E-state index contributed by atoms with van der Waals surface area (Å²) in [6.07, 6.45) is 4.25. The first-order chi connectivity index (χ1) is 12.2. The molecule has 0 N–H and O–H groups in total. The second-order valence-corrected chi connectivity index (χ2v) is 6.20. The van der Waals surface area contributed by atoms with Crippen LogP contribution in [0.15, 0.2) is 48.0 Å². The van der Waals surface area contributed by atoms with Crippen LogP contribution in [-0.2, 0) is 6.54 Å². The average molecular weight is 333 g/mol. The van der Waals surface area contributed by atoms with Gasteiger partial charge < -0.3 is 4.57 Å². The minimum atomic E-state index is -0.0725. The van der Waals surface area contributed by atoms with E-state index in [9.17, 15) is 4.79 Å². The second kappa shape index (κ2) is 5.81. The lowest BCUT2D eigenvalue weighted by Gasteiger charge is -2.12. The predicted molar refractivity (Wildman–Crippen MR) is 99.8 cm³/mol. The number of rotatable bonds is 4. The minimum Gasteiger partial charge on any atom is -0.305 e. The van der Waals surface area contributed by atoms with Crippen molar-refractivity contribution in [2.24, 2.45) is 0 Å². The molecule has 0 radical (unpaired) electrons. The van der Waals surface area contributed by atoms with Crippen LogP contribution in [0.3, 0.4) is 0 Å². The molecule has 25 heavy (non-hydrogen) atoms. The molecule has 1 aromatic carbocycles. The van der Waals surface area contributed by atoms with E-state index in [1.165, 1.54) is 0 Å². The number of hydrogen-bond acceptors (Lipinski definition) is 4. The first kappa shape index (κ1) is 15.5. The molecule has 126 valence electrons. The van der Waals surface area contributed by atoms with Crippen LogP contribution in [0.25, 0.3) is 33.2 Å². The van der Waals surface area contributed by atoms with Crippen molar-refractivity contribution in [3.8, 4) is 0 Å². The molecule has 1 atom stereocenters. The Morgan fingerprint density at radius 3 is 2.60 bits per heavy atom. The molecule has 3 aromatic heterocycles. The Bertz CT molecular complexity index is 1170. The summed E-state index contributed by atoms with van der Waals surface area (Å²) in [6.45, 7) is 8.40. The molecular formula is C19H19N5O. The molecule has 0 aliphatic carbocycles. The predicted octanol–water partition coefficient (Wildman–Crippen LogP) is 3.45. The molecular weight excluding hydrogens is 314 g/mol. The fraction of sp³-hybridized carbons (Fsp3) is 0.263. The van der Waals surface area contributed by atoms with Gasteiger partial charge in [0.1, 0.15) is 17.2 Å². The molecule has 0 aliphatic heterocycles. The molecule has 4 rings (SSSR count). The molecule has 0 spiro atoms. The van der Waals surface area contributed by atoms with Crippen molar-refractivity contribution < 1.29 is 0 Å². The highest BCUT2D eigenvalue weighted by atomic mass is 16.1. The molecule has 0 saturated heterocycles. The SMILES string of the molecule is C=CCn1c2nc3ccccc3nc2c2c(=O)n([C@H](C)CC)cnc21. The van der Waals surface area contributed by atoms with Crippen LogP contribution in [-0.4, -0.2) is 24.1 Å². The number of fused-ring (bicyclic) bond motifs is 4. The second-order valence-electron chi connectivity index (χ2n) is 6.20. The summed E-state index contributed by atoms with van der Waals surface area (Å²) < 4.78 is 3.58. The fourth-order valence-electron chi connectivity index (χ4n) is 3.13. The van der Waals surface area contributed by atoms with Crippen molar-refractivity contribution in [2.45, 2.75) is 32.9 Å². The van der Waals surface area contributed by atoms with E-state index in [-0.39, 0.29) is 11.6 Å². The number of nitrogens with zero attached hydrogens (tertiary/aromatic N) is 5. The quantitative estimate of drug-likeness (QED) is 0.537. The molecule has 0 aliphatic rings. The first-order valence-electron chi connectivity index (χ1n) is 8.42. The van der Waals surface area contributed by atoms with Gasteiger partial charge in [0.2, 0.25) is 0 Å². The molecule has 3 heterocycles. The molecule has 0 saturated carbocycles. The van der Waals surface area contributed by atoms with Gasteiger partial charge in [-0.15, -0.1) is 6.58 Å². The van der Waals surface area contributed by atoms with Gasteiger partial charge in [-0.2, -0.15) is 0 Å². The number of para-hydroxylation sites is 2. The zero-order valence-electron chi connectivity index (χ0n) is 14.3. The third-order valence-electron chi connectivity index (χ3n) is 4.65. The maximum absolute atomic E-state index is 13.1. The van der Waals surface area contributed by atoms with Gasteiger partial charge in [0.15, 0.2) is 11.3 Å². The van der Waals surface area contributed by atoms with Crippen LogP contribution in [0.1, 0.15) is 26.3 Å².